The van der Waals surface area contributed by atoms with Crippen LogP contribution >= 0.6 is 0 Å². The second-order valence-electron chi connectivity index (χ2n) is 7.42. The average molecular weight is 391 g/mol. The topological polar surface area (TPSA) is 80.8 Å². The number of ether oxygens (including phenoxy) is 1. The normalized spacial score (nSPS) is 16.2. The first-order valence-electron chi connectivity index (χ1n) is 9.76. The van der Waals surface area contributed by atoms with Crippen LogP contribution in [0.1, 0.15) is 62.0 Å². The number of benzene rings is 2. The van der Waals surface area contributed by atoms with Crippen LogP contribution in [0.25, 0.3) is 0 Å². The molecule has 29 heavy (non-hydrogen) atoms. The summed E-state index contributed by atoms with van der Waals surface area (Å²) in [5, 5.41) is 0. The molecule has 1 heterocycles. The summed E-state index contributed by atoms with van der Waals surface area (Å²) >= 11 is 0. The summed E-state index contributed by atoms with van der Waals surface area (Å²) in [5.74, 6) is -2.15. The lowest BCUT2D eigenvalue weighted by Gasteiger charge is -2.21. The Hall–Kier alpha value is -3.28. The van der Waals surface area contributed by atoms with Crippen molar-refractivity contribution in [2.45, 2.75) is 38.6 Å². The van der Waals surface area contributed by atoms with Gasteiger partial charge in [-0.25, -0.2) is 4.79 Å². The molecule has 2 aromatic carbocycles. The molecule has 4 rings (SSSR count). The number of esters is 1. The predicted molar refractivity (Wildman–Crippen MR) is 105 cm³/mol. The number of hydrogen-bond acceptors (Lipinski definition) is 5. The number of rotatable bonds is 5. The molecule has 1 atom stereocenters. The van der Waals surface area contributed by atoms with E-state index in [-0.39, 0.29) is 16.9 Å². The quantitative estimate of drug-likeness (QED) is 0.445. The minimum atomic E-state index is -1.11. The van der Waals surface area contributed by atoms with Gasteiger partial charge in [0.1, 0.15) is 6.04 Å². The van der Waals surface area contributed by atoms with E-state index in [9.17, 15) is 19.2 Å². The number of nitrogens with zero attached hydrogens (tertiary/aromatic N) is 1. The molecule has 2 amide bonds. The maximum Gasteiger partial charge on any atom is 0.329 e. The van der Waals surface area contributed by atoms with Crippen LogP contribution in [0.2, 0.25) is 0 Å². The van der Waals surface area contributed by atoms with Crippen molar-refractivity contribution in [3.05, 3.63) is 70.3 Å². The summed E-state index contributed by atoms with van der Waals surface area (Å²) in [7, 11) is 0. The molecule has 0 N–H and O–H groups in total. The van der Waals surface area contributed by atoms with E-state index in [2.05, 4.69) is 0 Å². The van der Waals surface area contributed by atoms with E-state index in [4.69, 9.17) is 4.74 Å². The maximum absolute atomic E-state index is 12.5. The summed E-state index contributed by atoms with van der Waals surface area (Å²) in [6.45, 7) is 0.999. The first-order chi connectivity index (χ1) is 14.0. The van der Waals surface area contributed by atoms with Crippen molar-refractivity contribution in [2.24, 2.45) is 0 Å². The fraction of sp³-hybridized carbons (Fsp3) is 0.304. The Kier molecular flexibility index (Phi) is 5.01. The van der Waals surface area contributed by atoms with E-state index in [0.717, 1.165) is 30.6 Å². The Morgan fingerprint density at radius 2 is 1.59 bits per heavy atom. The minimum Gasteiger partial charge on any atom is -0.456 e. The highest BCUT2D eigenvalue weighted by molar-refractivity contribution is 6.22. The lowest BCUT2D eigenvalue weighted by molar-refractivity contribution is -0.146. The van der Waals surface area contributed by atoms with Crippen molar-refractivity contribution in [1.82, 2.24) is 4.90 Å². The lowest BCUT2D eigenvalue weighted by Crippen LogP contribution is -2.44. The smallest absolute Gasteiger partial charge is 0.329 e. The van der Waals surface area contributed by atoms with Gasteiger partial charge in [0.05, 0.1) is 11.1 Å². The third kappa shape index (κ3) is 3.46. The molecule has 2 aliphatic rings. The van der Waals surface area contributed by atoms with E-state index in [1.807, 2.05) is 12.1 Å². The van der Waals surface area contributed by atoms with Gasteiger partial charge >= 0.3 is 5.97 Å². The molecular weight excluding hydrogens is 370 g/mol. The number of carbonyl (C=O) groups excluding carboxylic acids is 4. The highest BCUT2D eigenvalue weighted by atomic mass is 16.5. The molecule has 2 aromatic rings. The first kappa shape index (κ1) is 19.1. The van der Waals surface area contributed by atoms with Gasteiger partial charge in [-0.1, -0.05) is 24.3 Å². The first-order valence-corrected chi connectivity index (χ1v) is 9.76. The van der Waals surface area contributed by atoms with Crippen LogP contribution in [-0.4, -0.2) is 41.1 Å². The number of aryl methyl sites for hydroxylation is 2. The van der Waals surface area contributed by atoms with E-state index in [1.54, 1.807) is 30.3 Å². The number of Topliss-reactive ketones (excluding diaryl/α,β-unsaturated/α-hetero) is 1. The number of imide groups is 1. The summed E-state index contributed by atoms with van der Waals surface area (Å²) in [6.07, 6.45) is 4.24. The van der Waals surface area contributed by atoms with Crippen molar-refractivity contribution in [2.75, 3.05) is 6.61 Å². The molecule has 0 saturated carbocycles. The molecule has 1 aliphatic carbocycles. The van der Waals surface area contributed by atoms with Gasteiger partial charge in [0, 0.05) is 5.56 Å². The Labute approximate surface area is 168 Å². The van der Waals surface area contributed by atoms with Crippen LogP contribution in [0, 0.1) is 0 Å². The van der Waals surface area contributed by atoms with Crippen LogP contribution in [0.5, 0.6) is 0 Å². The Balaban J connectivity index is 1.40. The Morgan fingerprint density at radius 1 is 0.966 bits per heavy atom. The minimum absolute atomic E-state index is 0.266. The van der Waals surface area contributed by atoms with E-state index >= 15 is 0 Å². The zero-order valence-electron chi connectivity index (χ0n) is 16.1. The largest absolute Gasteiger partial charge is 0.456 e. The molecule has 6 heteroatoms. The number of fused-ring (bicyclic) bond motifs is 2. The summed E-state index contributed by atoms with van der Waals surface area (Å²) < 4.78 is 5.14. The third-order valence-electron chi connectivity index (χ3n) is 5.57. The average Bonchev–Trinajstić information content (AvgIpc) is 3.01. The van der Waals surface area contributed by atoms with Crippen LogP contribution in [0.4, 0.5) is 0 Å². The van der Waals surface area contributed by atoms with Gasteiger partial charge in [-0.2, -0.15) is 0 Å². The monoisotopic (exact) mass is 391 g/mol. The second-order valence-corrected chi connectivity index (χ2v) is 7.42. The molecular formula is C23H21NO5. The van der Waals surface area contributed by atoms with Crippen LogP contribution in [-0.2, 0) is 22.4 Å². The summed E-state index contributed by atoms with van der Waals surface area (Å²) in [4.78, 5) is 50.7. The fourth-order valence-electron chi connectivity index (χ4n) is 3.91. The molecule has 0 aromatic heterocycles. The molecule has 148 valence electrons. The fourth-order valence-corrected chi connectivity index (χ4v) is 3.91. The van der Waals surface area contributed by atoms with Gasteiger partial charge in [0.15, 0.2) is 12.4 Å². The van der Waals surface area contributed by atoms with Crippen molar-refractivity contribution < 1.29 is 23.9 Å². The molecule has 0 saturated heterocycles. The molecule has 6 nitrogen and oxygen atoms in total. The summed E-state index contributed by atoms with van der Waals surface area (Å²) in [6, 6.07) is 10.9. The number of hydrogen-bond donors (Lipinski definition) is 0. The van der Waals surface area contributed by atoms with E-state index in [0.29, 0.717) is 5.56 Å². The number of carbonyl (C=O) groups is 4. The SMILES string of the molecule is CC(C(=O)OCC(=O)c1ccc2c(c1)CCCC2)N1C(=O)c2ccccc2C1=O. The highest BCUT2D eigenvalue weighted by Crippen LogP contribution is 2.25. The van der Waals surface area contributed by atoms with E-state index < -0.39 is 30.4 Å². The molecule has 1 aliphatic heterocycles. The Bertz CT molecular complexity index is 991. The van der Waals surface area contributed by atoms with Crippen molar-refractivity contribution >= 4 is 23.6 Å². The molecule has 0 spiro atoms. The molecule has 1 unspecified atom stereocenters. The standard InChI is InChI=1S/C23H21NO5/c1-14(24-21(26)18-8-4-5-9-19(18)22(24)27)23(28)29-13-20(25)17-11-10-15-6-2-3-7-16(15)12-17/h4-5,8-12,14H,2-3,6-7,13H2,1H3. The predicted octanol–water partition coefficient (Wildman–Crippen LogP) is 2.98. The maximum atomic E-state index is 12.5. The van der Waals surface area contributed by atoms with Gasteiger partial charge < -0.3 is 4.74 Å². The molecule has 0 bridgehead atoms. The van der Waals surface area contributed by atoms with Gasteiger partial charge in [-0.3, -0.25) is 19.3 Å². The Morgan fingerprint density at radius 3 is 2.24 bits per heavy atom. The molecule has 0 fully saturated rings. The second kappa shape index (κ2) is 7.62. The van der Waals surface area contributed by atoms with Gasteiger partial charge in [-0.05, 0) is 61.9 Å². The highest BCUT2D eigenvalue weighted by Gasteiger charge is 2.41. The van der Waals surface area contributed by atoms with Crippen molar-refractivity contribution in [3.8, 4) is 0 Å². The third-order valence-corrected chi connectivity index (χ3v) is 5.57. The van der Waals surface area contributed by atoms with Crippen LogP contribution < -0.4 is 0 Å². The van der Waals surface area contributed by atoms with Gasteiger partial charge in [0.25, 0.3) is 11.8 Å². The van der Waals surface area contributed by atoms with Gasteiger partial charge in [0.2, 0.25) is 0 Å². The van der Waals surface area contributed by atoms with E-state index in [1.165, 1.54) is 18.1 Å². The number of ketones is 1. The van der Waals surface area contributed by atoms with Crippen LogP contribution in [0.15, 0.2) is 42.5 Å². The van der Waals surface area contributed by atoms with Gasteiger partial charge in [-0.15, -0.1) is 0 Å². The molecule has 0 radical (unpaired) electrons. The number of amides is 2. The summed E-state index contributed by atoms with van der Waals surface area (Å²) in [5.41, 5.74) is 3.48. The lowest BCUT2D eigenvalue weighted by atomic mass is 9.90. The zero-order chi connectivity index (χ0) is 20.5. The van der Waals surface area contributed by atoms with Crippen LogP contribution in [0.3, 0.4) is 0 Å². The van der Waals surface area contributed by atoms with Crippen molar-refractivity contribution in [1.29, 1.82) is 0 Å². The zero-order valence-corrected chi connectivity index (χ0v) is 16.1. The van der Waals surface area contributed by atoms with Crippen molar-refractivity contribution in [3.63, 3.8) is 0 Å².